The van der Waals surface area contributed by atoms with E-state index in [1.807, 2.05) is 14.0 Å². The van der Waals surface area contributed by atoms with Gasteiger partial charge in [0.1, 0.15) is 5.54 Å². The number of ether oxygens (including phenoxy) is 1. The van der Waals surface area contributed by atoms with Crippen LogP contribution in [-0.2, 0) is 9.53 Å². The molecule has 0 aromatic rings. The number of carbonyl (C=O) groups is 1. The number of amides is 1. The minimum atomic E-state index is -0.731. The molecular weight excluding hydrogens is 260 g/mol. The lowest BCUT2D eigenvalue weighted by atomic mass is 9.86. The molecule has 7 heteroatoms. The SMILES string of the molecule is COCC(C)CC(=O)NC1(C(N)=NO)CCN(C)CC1. The Morgan fingerprint density at radius 3 is 2.65 bits per heavy atom. The van der Waals surface area contributed by atoms with Crippen molar-refractivity contribution in [3.8, 4) is 0 Å². The van der Waals surface area contributed by atoms with Crippen molar-refractivity contribution in [1.29, 1.82) is 0 Å². The minimum absolute atomic E-state index is 0.0818. The molecule has 0 bridgehead atoms. The van der Waals surface area contributed by atoms with E-state index in [9.17, 15) is 4.79 Å². The number of nitrogens with two attached hydrogens (primary N) is 1. The molecule has 1 amide bonds. The van der Waals surface area contributed by atoms with Gasteiger partial charge in [-0.25, -0.2) is 0 Å². The van der Waals surface area contributed by atoms with Crippen molar-refractivity contribution in [2.45, 2.75) is 31.7 Å². The number of hydrogen-bond donors (Lipinski definition) is 3. The van der Waals surface area contributed by atoms with E-state index in [1.54, 1.807) is 7.11 Å². The van der Waals surface area contributed by atoms with Crippen LogP contribution in [0.1, 0.15) is 26.2 Å². The Kier molecular flexibility index (Phi) is 6.22. The van der Waals surface area contributed by atoms with Crippen LogP contribution in [0.4, 0.5) is 0 Å². The summed E-state index contributed by atoms with van der Waals surface area (Å²) in [5.74, 6) is 0.125. The van der Waals surface area contributed by atoms with Crippen LogP contribution in [0.3, 0.4) is 0 Å². The topological polar surface area (TPSA) is 100 Å². The molecule has 1 rings (SSSR count). The number of hydrogen-bond acceptors (Lipinski definition) is 5. The number of amidine groups is 1. The standard InChI is InChI=1S/C13H26N4O3/c1-10(9-20-3)8-11(18)15-13(12(14)16-19)4-6-17(2)7-5-13/h10,19H,4-9H2,1-3H3,(H2,14,16)(H,15,18). The maximum Gasteiger partial charge on any atom is 0.221 e. The zero-order chi connectivity index (χ0) is 15.2. The van der Waals surface area contributed by atoms with Gasteiger partial charge in [-0.15, -0.1) is 0 Å². The normalized spacial score (nSPS) is 21.4. The van der Waals surface area contributed by atoms with Crippen molar-refractivity contribution >= 4 is 11.7 Å². The van der Waals surface area contributed by atoms with Crippen LogP contribution in [0.5, 0.6) is 0 Å². The molecule has 116 valence electrons. The number of methoxy groups -OCH3 is 1. The molecule has 7 nitrogen and oxygen atoms in total. The Labute approximate surface area is 120 Å². The van der Waals surface area contributed by atoms with Gasteiger partial charge in [0.05, 0.1) is 0 Å². The first kappa shape index (κ1) is 16.7. The summed E-state index contributed by atoms with van der Waals surface area (Å²) in [5.41, 5.74) is 5.08. The molecule has 1 fully saturated rings. The van der Waals surface area contributed by atoms with Gasteiger partial charge in [0.15, 0.2) is 5.84 Å². The van der Waals surface area contributed by atoms with Crippen LogP contribution in [0.25, 0.3) is 0 Å². The lowest BCUT2D eigenvalue weighted by Crippen LogP contribution is -2.62. The second kappa shape index (κ2) is 7.44. The minimum Gasteiger partial charge on any atom is -0.409 e. The van der Waals surface area contributed by atoms with Crippen molar-refractivity contribution in [2.24, 2.45) is 16.8 Å². The lowest BCUT2D eigenvalue weighted by molar-refractivity contribution is -0.124. The average molecular weight is 286 g/mol. The van der Waals surface area contributed by atoms with Crippen LogP contribution in [0.2, 0.25) is 0 Å². The molecule has 20 heavy (non-hydrogen) atoms. The summed E-state index contributed by atoms with van der Waals surface area (Å²) < 4.78 is 5.03. The van der Waals surface area contributed by atoms with E-state index < -0.39 is 5.54 Å². The van der Waals surface area contributed by atoms with Crippen molar-refractivity contribution in [2.75, 3.05) is 33.9 Å². The number of piperidine rings is 1. The highest BCUT2D eigenvalue weighted by atomic mass is 16.5. The highest BCUT2D eigenvalue weighted by Gasteiger charge is 2.39. The molecule has 4 N–H and O–H groups in total. The molecule has 0 saturated carbocycles. The summed E-state index contributed by atoms with van der Waals surface area (Å²) >= 11 is 0. The van der Waals surface area contributed by atoms with E-state index in [2.05, 4.69) is 15.4 Å². The first-order valence-corrected chi connectivity index (χ1v) is 6.90. The van der Waals surface area contributed by atoms with Gasteiger partial charge in [-0.1, -0.05) is 12.1 Å². The fourth-order valence-corrected chi connectivity index (χ4v) is 2.52. The molecule has 0 aromatic heterocycles. The molecule has 1 aliphatic rings. The van der Waals surface area contributed by atoms with Gasteiger partial charge in [-0.2, -0.15) is 0 Å². The molecule has 1 aliphatic heterocycles. The van der Waals surface area contributed by atoms with Crippen LogP contribution < -0.4 is 11.1 Å². The number of rotatable bonds is 6. The fourth-order valence-electron chi connectivity index (χ4n) is 2.52. The maximum absolute atomic E-state index is 12.1. The molecule has 1 atom stereocenters. The second-order valence-electron chi connectivity index (χ2n) is 5.68. The largest absolute Gasteiger partial charge is 0.409 e. The highest BCUT2D eigenvalue weighted by molar-refractivity contribution is 5.94. The zero-order valence-corrected chi connectivity index (χ0v) is 12.6. The van der Waals surface area contributed by atoms with E-state index in [0.717, 1.165) is 13.1 Å². The molecule has 0 radical (unpaired) electrons. The molecular formula is C13H26N4O3. The van der Waals surface area contributed by atoms with Crippen LogP contribution in [-0.4, -0.2) is 61.2 Å². The predicted molar refractivity (Wildman–Crippen MR) is 76.7 cm³/mol. The Hall–Kier alpha value is -1.34. The number of carbonyl (C=O) groups excluding carboxylic acids is 1. The van der Waals surface area contributed by atoms with Gasteiger partial charge in [-0.3, -0.25) is 4.79 Å². The van der Waals surface area contributed by atoms with Crippen LogP contribution >= 0.6 is 0 Å². The molecule has 1 unspecified atom stereocenters. The monoisotopic (exact) mass is 286 g/mol. The number of nitrogens with zero attached hydrogens (tertiary/aromatic N) is 2. The Morgan fingerprint density at radius 1 is 1.55 bits per heavy atom. The van der Waals surface area contributed by atoms with Gasteiger partial charge in [0, 0.05) is 33.2 Å². The maximum atomic E-state index is 12.1. The predicted octanol–water partition coefficient (Wildman–Crippen LogP) is -0.0140. The van der Waals surface area contributed by atoms with Crippen molar-refractivity contribution in [3.05, 3.63) is 0 Å². The number of oxime groups is 1. The molecule has 0 aliphatic carbocycles. The Bertz CT molecular complexity index is 352. The molecule has 0 aromatic carbocycles. The second-order valence-corrected chi connectivity index (χ2v) is 5.68. The van der Waals surface area contributed by atoms with Gasteiger partial charge >= 0.3 is 0 Å². The van der Waals surface area contributed by atoms with Crippen molar-refractivity contribution in [1.82, 2.24) is 10.2 Å². The third kappa shape index (κ3) is 4.35. The average Bonchev–Trinajstić information content (AvgIpc) is 2.40. The van der Waals surface area contributed by atoms with Crippen molar-refractivity contribution < 1.29 is 14.7 Å². The summed E-state index contributed by atoms with van der Waals surface area (Å²) in [5, 5.41) is 15.0. The number of nitrogens with one attached hydrogen (secondary N) is 1. The quantitative estimate of drug-likeness (QED) is 0.276. The first-order valence-electron chi connectivity index (χ1n) is 6.90. The smallest absolute Gasteiger partial charge is 0.221 e. The summed E-state index contributed by atoms with van der Waals surface area (Å²) in [6, 6.07) is 0. The summed E-state index contributed by atoms with van der Waals surface area (Å²) in [4.78, 5) is 14.3. The first-order chi connectivity index (χ1) is 9.43. The zero-order valence-electron chi connectivity index (χ0n) is 12.6. The van der Waals surface area contributed by atoms with Crippen LogP contribution in [0.15, 0.2) is 5.16 Å². The Morgan fingerprint density at radius 2 is 2.15 bits per heavy atom. The molecule has 0 spiro atoms. The third-order valence-electron chi connectivity index (χ3n) is 3.80. The highest BCUT2D eigenvalue weighted by Crippen LogP contribution is 2.22. The van der Waals surface area contributed by atoms with Gasteiger partial charge < -0.3 is 25.9 Å². The molecule has 1 heterocycles. The summed E-state index contributed by atoms with van der Waals surface area (Å²) in [7, 11) is 3.63. The van der Waals surface area contributed by atoms with Gasteiger partial charge in [0.25, 0.3) is 0 Å². The number of likely N-dealkylation sites (tertiary alicyclic amines) is 1. The fraction of sp³-hybridized carbons (Fsp3) is 0.846. The van der Waals surface area contributed by atoms with E-state index in [1.165, 1.54) is 0 Å². The van der Waals surface area contributed by atoms with E-state index in [4.69, 9.17) is 15.7 Å². The third-order valence-corrected chi connectivity index (χ3v) is 3.80. The van der Waals surface area contributed by atoms with Crippen LogP contribution in [0, 0.1) is 5.92 Å². The lowest BCUT2D eigenvalue weighted by Gasteiger charge is -2.40. The summed E-state index contributed by atoms with van der Waals surface area (Å²) in [6.45, 7) is 4.08. The van der Waals surface area contributed by atoms with Gasteiger partial charge in [-0.05, 0) is 25.8 Å². The molecule has 1 saturated heterocycles. The van der Waals surface area contributed by atoms with E-state index in [0.29, 0.717) is 25.9 Å². The van der Waals surface area contributed by atoms with Gasteiger partial charge in [0.2, 0.25) is 5.91 Å². The van der Waals surface area contributed by atoms with E-state index >= 15 is 0 Å². The Balaban J connectivity index is 2.69. The van der Waals surface area contributed by atoms with E-state index in [-0.39, 0.29) is 17.7 Å². The summed E-state index contributed by atoms with van der Waals surface area (Å²) in [6.07, 6.45) is 1.65. The van der Waals surface area contributed by atoms with Crippen molar-refractivity contribution in [3.63, 3.8) is 0 Å².